The van der Waals surface area contributed by atoms with Gasteiger partial charge in [0.15, 0.2) is 0 Å². The summed E-state index contributed by atoms with van der Waals surface area (Å²) >= 11 is 6.29. The summed E-state index contributed by atoms with van der Waals surface area (Å²) in [4.78, 5) is 27.0. The highest BCUT2D eigenvalue weighted by atomic mass is 35.5. The largest absolute Gasteiger partial charge is 0.357 e. The van der Waals surface area contributed by atoms with Gasteiger partial charge in [0, 0.05) is 25.0 Å². The van der Waals surface area contributed by atoms with Crippen LogP contribution in [0.2, 0.25) is 5.02 Å². The van der Waals surface area contributed by atoms with E-state index < -0.39 is 6.04 Å². The monoisotopic (exact) mass is 408 g/mol. The van der Waals surface area contributed by atoms with E-state index >= 15 is 0 Å². The fraction of sp³-hybridized carbons (Fsp3) is 0.250. The summed E-state index contributed by atoms with van der Waals surface area (Å²) in [5.74, 6) is -0.274. The number of nitrogens with zero attached hydrogens (tertiary/aromatic N) is 1. The van der Waals surface area contributed by atoms with Crippen LogP contribution >= 0.6 is 11.6 Å². The average molecular weight is 409 g/mol. The summed E-state index contributed by atoms with van der Waals surface area (Å²) < 4.78 is 0. The molecule has 2 amide bonds. The van der Waals surface area contributed by atoms with Gasteiger partial charge in [0.1, 0.15) is 6.04 Å². The number of benzene rings is 3. The Hall–Kier alpha value is -2.85. The highest BCUT2D eigenvalue weighted by Gasteiger charge is 2.25. The van der Waals surface area contributed by atoms with Gasteiger partial charge in [-0.3, -0.25) is 9.59 Å². The first-order chi connectivity index (χ1) is 14.0. The lowest BCUT2D eigenvalue weighted by molar-refractivity contribution is -0.140. The van der Waals surface area contributed by atoms with Gasteiger partial charge in [0.05, 0.1) is 0 Å². The quantitative estimate of drug-likeness (QED) is 0.621. The lowest BCUT2D eigenvalue weighted by atomic mass is 10.0. The first kappa shape index (κ1) is 20.9. The van der Waals surface area contributed by atoms with Crippen molar-refractivity contribution in [1.29, 1.82) is 0 Å². The molecule has 0 fully saturated rings. The molecule has 3 rings (SSSR count). The Kier molecular flexibility index (Phi) is 6.89. The van der Waals surface area contributed by atoms with Crippen LogP contribution in [0.25, 0.3) is 10.8 Å². The molecule has 0 aliphatic rings. The number of rotatable bonds is 7. The van der Waals surface area contributed by atoms with Crippen molar-refractivity contribution in [2.75, 3.05) is 7.05 Å². The van der Waals surface area contributed by atoms with E-state index in [0.29, 0.717) is 24.4 Å². The molecule has 1 unspecified atom stereocenters. The third-order valence-corrected chi connectivity index (χ3v) is 5.57. The predicted molar refractivity (Wildman–Crippen MR) is 118 cm³/mol. The van der Waals surface area contributed by atoms with Crippen LogP contribution in [0, 0.1) is 0 Å². The zero-order valence-electron chi connectivity index (χ0n) is 16.7. The molecule has 5 heteroatoms. The fourth-order valence-corrected chi connectivity index (χ4v) is 3.69. The third kappa shape index (κ3) is 4.96. The minimum atomic E-state index is -0.587. The maximum absolute atomic E-state index is 13.1. The first-order valence-corrected chi connectivity index (χ1v) is 10.1. The van der Waals surface area contributed by atoms with Crippen LogP contribution in [0.3, 0.4) is 0 Å². The summed E-state index contributed by atoms with van der Waals surface area (Å²) in [5.41, 5.74) is 1.95. The smallest absolute Gasteiger partial charge is 0.242 e. The molecule has 0 bridgehead atoms. The van der Waals surface area contributed by atoms with Gasteiger partial charge in [-0.05, 0) is 41.3 Å². The molecule has 0 aromatic heterocycles. The molecule has 0 saturated heterocycles. The van der Waals surface area contributed by atoms with Crippen LogP contribution in [0.15, 0.2) is 66.7 Å². The standard InChI is InChI=1S/C24H25ClN2O2/c1-17(24(29)26-2)27(16-20-9-4-6-13-22(20)25)23(28)15-14-19-11-7-10-18-8-3-5-12-21(18)19/h3-13,17H,14-16H2,1-2H3,(H,26,29). The number of fused-ring (bicyclic) bond motifs is 1. The van der Waals surface area contributed by atoms with Gasteiger partial charge < -0.3 is 10.2 Å². The van der Waals surface area contributed by atoms with Gasteiger partial charge >= 0.3 is 0 Å². The summed E-state index contributed by atoms with van der Waals surface area (Å²) in [6.07, 6.45) is 0.930. The van der Waals surface area contributed by atoms with Crippen LogP contribution in [0.5, 0.6) is 0 Å². The van der Waals surface area contributed by atoms with Crippen LogP contribution in [0.1, 0.15) is 24.5 Å². The summed E-state index contributed by atoms with van der Waals surface area (Å²) in [5, 5.41) is 5.53. The highest BCUT2D eigenvalue weighted by molar-refractivity contribution is 6.31. The molecular formula is C24H25ClN2O2. The number of carbonyl (C=O) groups is 2. The molecule has 0 aliphatic heterocycles. The SMILES string of the molecule is CNC(=O)C(C)N(Cc1ccccc1Cl)C(=O)CCc1cccc2ccccc12. The zero-order valence-corrected chi connectivity index (χ0v) is 17.4. The number of likely N-dealkylation sites (N-methyl/N-ethyl adjacent to an activating group) is 1. The Morgan fingerprint density at radius 3 is 2.38 bits per heavy atom. The van der Waals surface area contributed by atoms with Crippen molar-refractivity contribution in [2.24, 2.45) is 0 Å². The number of nitrogens with one attached hydrogen (secondary N) is 1. The minimum Gasteiger partial charge on any atom is -0.357 e. The van der Waals surface area contributed by atoms with Crippen molar-refractivity contribution in [1.82, 2.24) is 10.2 Å². The maximum Gasteiger partial charge on any atom is 0.242 e. The van der Waals surface area contributed by atoms with Crippen molar-refractivity contribution in [3.8, 4) is 0 Å². The van der Waals surface area contributed by atoms with E-state index in [1.165, 1.54) is 0 Å². The van der Waals surface area contributed by atoms with Crippen LogP contribution < -0.4 is 5.32 Å². The van der Waals surface area contributed by atoms with E-state index in [4.69, 9.17) is 11.6 Å². The molecule has 3 aromatic rings. The van der Waals surface area contributed by atoms with Crippen LogP contribution in [-0.4, -0.2) is 29.8 Å². The van der Waals surface area contributed by atoms with E-state index in [0.717, 1.165) is 21.9 Å². The molecular weight excluding hydrogens is 384 g/mol. The molecule has 0 radical (unpaired) electrons. The van der Waals surface area contributed by atoms with Gasteiger partial charge in [-0.15, -0.1) is 0 Å². The molecule has 0 heterocycles. The highest BCUT2D eigenvalue weighted by Crippen LogP contribution is 2.22. The number of halogens is 1. The number of carbonyl (C=O) groups excluding carboxylic acids is 2. The minimum absolute atomic E-state index is 0.0750. The lowest BCUT2D eigenvalue weighted by Crippen LogP contribution is -2.46. The number of aryl methyl sites for hydroxylation is 1. The summed E-state index contributed by atoms with van der Waals surface area (Å²) in [6, 6.07) is 21.1. The molecule has 4 nitrogen and oxygen atoms in total. The van der Waals surface area contributed by atoms with Gasteiger partial charge in [-0.25, -0.2) is 0 Å². The zero-order chi connectivity index (χ0) is 20.8. The topological polar surface area (TPSA) is 49.4 Å². The summed E-state index contributed by atoms with van der Waals surface area (Å²) in [7, 11) is 1.58. The van der Waals surface area contributed by atoms with E-state index in [1.807, 2.05) is 36.4 Å². The van der Waals surface area contributed by atoms with Gasteiger partial charge in [0.2, 0.25) is 11.8 Å². The maximum atomic E-state index is 13.1. The second kappa shape index (κ2) is 9.57. The van der Waals surface area contributed by atoms with Crippen LogP contribution in [0.4, 0.5) is 0 Å². The van der Waals surface area contributed by atoms with Crippen molar-refractivity contribution in [3.63, 3.8) is 0 Å². The fourth-order valence-electron chi connectivity index (χ4n) is 3.50. The second-order valence-electron chi connectivity index (χ2n) is 7.04. The van der Waals surface area contributed by atoms with Crippen molar-refractivity contribution in [2.45, 2.75) is 32.4 Å². The Morgan fingerprint density at radius 2 is 1.62 bits per heavy atom. The van der Waals surface area contributed by atoms with Gasteiger partial charge in [0.25, 0.3) is 0 Å². The van der Waals surface area contributed by atoms with Gasteiger partial charge in [-0.1, -0.05) is 72.3 Å². The molecule has 0 spiro atoms. The van der Waals surface area contributed by atoms with E-state index in [9.17, 15) is 9.59 Å². The molecule has 3 aromatic carbocycles. The van der Waals surface area contributed by atoms with E-state index in [2.05, 4.69) is 29.6 Å². The first-order valence-electron chi connectivity index (χ1n) is 9.72. The van der Waals surface area contributed by atoms with Crippen molar-refractivity contribution in [3.05, 3.63) is 82.9 Å². The average Bonchev–Trinajstić information content (AvgIpc) is 2.75. The third-order valence-electron chi connectivity index (χ3n) is 5.20. The molecule has 0 saturated carbocycles. The van der Waals surface area contributed by atoms with Gasteiger partial charge in [-0.2, -0.15) is 0 Å². The van der Waals surface area contributed by atoms with Crippen molar-refractivity contribution < 1.29 is 9.59 Å². The predicted octanol–water partition coefficient (Wildman–Crippen LogP) is 4.59. The second-order valence-corrected chi connectivity index (χ2v) is 7.45. The van der Waals surface area contributed by atoms with Crippen molar-refractivity contribution >= 4 is 34.2 Å². The number of hydrogen-bond donors (Lipinski definition) is 1. The Bertz CT molecular complexity index is 1010. The Morgan fingerprint density at radius 1 is 0.966 bits per heavy atom. The number of amides is 2. The molecule has 150 valence electrons. The molecule has 29 heavy (non-hydrogen) atoms. The van der Waals surface area contributed by atoms with E-state index in [-0.39, 0.29) is 11.8 Å². The summed E-state index contributed by atoms with van der Waals surface area (Å²) in [6.45, 7) is 2.04. The lowest BCUT2D eigenvalue weighted by Gasteiger charge is -2.29. The molecule has 0 aliphatic carbocycles. The molecule has 1 N–H and O–H groups in total. The van der Waals surface area contributed by atoms with Crippen LogP contribution in [-0.2, 0) is 22.6 Å². The number of hydrogen-bond acceptors (Lipinski definition) is 2. The van der Waals surface area contributed by atoms with E-state index in [1.54, 1.807) is 24.9 Å². The Balaban J connectivity index is 1.80. The molecule has 1 atom stereocenters. The Labute approximate surface area is 176 Å². The normalized spacial score (nSPS) is 11.8.